The van der Waals surface area contributed by atoms with Crippen LogP contribution in [-0.4, -0.2) is 0 Å². The predicted molar refractivity (Wildman–Crippen MR) is 51.3 cm³/mol. The standard InChI is InChI=1S/C9H11BrO2/c1-2-3-4-8-5-7(10)6-9(11)12-8/h5-6H,2-4H2,1H3. The Labute approximate surface area is 79.7 Å². The van der Waals surface area contributed by atoms with Crippen LogP contribution in [0.5, 0.6) is 0 Å². The number of halogens is 1. The number of hydrogen-bond acceptors (Lipinski definition) is 2. The van der Waals surface area contributed by atoms with Crippen molar-refractivity contribution in [2.24, 2.45) is 0 Å². The van der Waals surface area contributed by atoms with Gasteiger partial charge in [-0.25, -0.2) is 4.79 Å². The van der Waals surface area contributed by atoms with E-state index in [1.165, 1.54) is 6.07 Å². The lowest BCUT2D eigenvalue weighted by molar-refractivity contribution is 0.452. The smallest absolute Gasteiger partial charge is 0.336 e. The summed E-state index contributed by atoms with van der Waals surface area (Å²) in [6.45, 7) is 2.11. The van der Waals surface area contributed by atoms with Crippen LogP contribution in [0.3, 0.4) is 0 Å². The van der Waals surface area contributed by atoms with Crippen molar-refractivity contribution < 1.29 is 4.42 Å². The van der Waals surface area contributed by atoms with Crippen LogP contribution < -0.4 is 5.63 Å². The Hall–Kier alpha value is -0.570. The van der Waals surface area contributed by atoms with Gasteiger partial charge in [-0.05, 0) is 12.5 Å². The molecule has 0 amide bonds. The Morgan fingerprint density at radius 1 is 1.50 bits per heavy atom. The van der Waals surface area contributed by atoms with Crippen molar-refractivity contribution in [1.82, 2.24) is 0 Å². The molecule has 0 radical (unpaired) electrons. The lowest BCUT2D eigenvalue weighted by Crippen LogP contribution is -1.99. The monoisotopic (exact) mass is 230 g/mol. The first kappa shape index (κ1) is 9.52. The SMILES string of the molecule is CCCCc1cc(Br)cc(=O)o1. The maximum atomic E-state index is 10.9. The van der Waals surface area contributed by atoms with E-state index in [0.717, 1.165) is 29.5 Å². The topological polar surface area (TPSA) is 30.2 Å². The average Bonchev–Trinajstić information content (AvgIpc) is 1.99. The molecule has 1 aromatic heterocycles. The van der Waals surface area contributed by atoms with E-state index in [1.54, 1.807) is 0 Å². The van der Waals surface area contributed by atoms with Crippen LogP contribution in [0, 0.1) is 0 Å². The number of rotatable bonds is 3. The molecule has 1 heterocycles. The molecule has 0 N–H and O–H groups in total. The number of hydrogen-bond donors (Lipinski definition) is 0. The van der Waals surface area contributed by atoms with E-state index < -0.39 is 0 Å². The molecule has 0 atom stereocenters. The third-order valence-electron chi connectivity index (χ3n) is 1.56. The largest absolute Gasteiger partial charge is 0.428 e. The summed E-state index contributed by atoms with van der Waals surface area (Å²) in [6, 6.07) is 3.27. The Balaban J connectivity index is 2.79. The first-order valence-corrected chi connectivity index (χ1v) is 4.81. The van der Waals surface area contributed by atoms with Gasteiger partial charge >= 0.3 is 5.63 Å². The second-order valence-corrected chi connectivity index (χ2v) is 3.58. The molecule has 0 bridgehead atoms. The first-order valence-electron chi connectivity index (χ1n) is 4.02. The molecule has 0 saturated carbocycles. The summed E-state index contributed by atoms with van der Waals surface area (Å²) >= 11 is 3.24. The van der Waals surface area contributed by atoms with E-state index in [4.69, 9.17) is 4.42 Å². The molecule has 0 aliphatic heterocycles. The molecular weight excluding hydrogens is 220 g/mol. The third-order valence-corrected chi connectivity index (χ3v) is 2.02. The van der Waals surface area contributed by atoms with Crippen LogP contribution in [0.25, 0.3) is 0 Å². The van der Waals surface area contributed by atoms with Gasteiger partial charge in [0.2, 0.25) is 0 Å². The number of unbranched alkanes of at least 4 members (excludes halogenated alkanes) is 1. The number of aryl methyl sites for hydroxylation is 1. The van der Waals surface area contributed by atoms with Gasteiger partial charge in [-0.15, -0.1) is 0 Å². The van der Waals surface area contributed by atoms with Crippen LogP contribution in [0.2, 0.25) is 0 Å². The highest BCUT2D eigenvalue weighted by Crippen LogP contribution is 2.10. The van der Waals surface area contributed by atoms with E-state index in [0.29, 0.717) is 0 Å². The van der Waals surface area contributed by atoms with Gasteiger partial charge < -0.3 is 4.42 Å². The minimum atomic E-state index is -0.282. The van der Waals surface area contributed by atoms with Gasteiger partial charge in [0.15, 0.2) is 0 Å². The summed E-state index contributed by atoms with van der Waals surface area (Å²) in [5.74, 6) is 0.760. The minimum Gasteiger partial charge on any atom is -0.428 e. The zero-order chi connectivity index (χ0) is 8.97. The van der Waals surface area contributed by atoms with Crippen molar-refractivity contribution in [3.63, 3.8) is 0 Å². The zero-order valence-corrected chi connectivity index (χ0v) is 8.56. The van der Waals surface area contributed by atoms with Crippen molar-refractivity contribution >= 4 is 15.9 Å². The van der Waals surface area contributed by atoms with Crippen LogP contribution >= 0.6 is 15.9 Å². The molecule has 1 aromatic rings. The van der Waals surface area contributed by atoms with Crippen LogP contribution in [0.4, 0.5) is 0 Å². The summed E-state index contributed by atoms with van der Waals surface area (Å²) in [5.41, 5.74) is -0.282. The highest BCUT2D eigenvalue weighted by molar-refractivity contribution is 9.10. The maximum Gasteiger partial charge on any atom is 0.336 e. The summed E-state index contributed by atoms with van der Waals surface area (Å²) < 4.78 is 5.77. The van der Waals surface area contributed by atoms with Gasteiger partial charge in [0, 0.05) is 17.0 Å². The van der Waals surface area contributed by atoms with E-state index in [2.05, 4.69) is 22.9 Å². The molecule has 0 aromatic carbocycles. The van der Waals surface area contributed by atoms with E-state index in [1.807, 2.05) is 6.07 Å². The van der Waals surface area contributed by atoms with Crippen molar-refractivity contribution in [3.8, 4) is 0 Å². The molecule has 0 aliphatic rings. The summed E-state index contributed by atoms with van der Waals surface area (Å²) in [4.78, 5) is 10.9. The summed E-state index contributed by atoms with van der Waals surface area (Å²) in [5, 5.41) is 0. The second-order valence-electron chi connectivity index (χ2n) is 2.66. The molecule has 1 rings (SSSR count). The molecule has 0 fully saturated rings. The van der Waals surface area contributed by atoms with E-state index >= 15 is 0 Å². The van der Waals surface area contributed by atoms with E-state index in [9.17, 15) is 4.79 Å². The van der Waals surface area contributed by atoms with Gasteiger partial charge in [-0.2, -0.15) is 0 Å². The van der Waals surface area contributed by atoms with Crippen LogP contribution in [0.1, 0.15) is 25.5 Å². The van der Waals surface area contributed by atoms with Crippen LogP contribution in [0.15, 0.2) is 25.8 Å². The maximum absolute atomic E-state index is 10.9. The molecule has 2 nitrogen and oxygen atoms in total. The molecule has 0 aliphatic carbocycles. The normalized spacial score (nSPS) is 10.2. The van der Waals surface area contributed by atoms with Gasteiger partial charge in [0.05, 0.1) is 0 Å². The van der Waals surface area contributed by atoms with Crippen LogP contribution in [-0.2, 0) is 6.42 Å². The molecule has 12 heavy (non-hydrogen) atoms. The van der Waals surface area contributed by atoms with Crippen molar-refractivity contribution in [2.75, 3.05) is 0 Å². The summed E-state index contributed by atoms with van der Waals surface area (Å²) in [6.07, 6.45) is 3.00. The van der Waals surface area contributed by atoms with Crippen molar-refractivity contribution in [1.29, 1.82) is 0 Å². The minimum absolute atomic E-state index is 0.282. The molecule has 66 valence electrons. The van der Waals surface area contributed by atoms with Crippen molar-refractivity contribution in [2.45, 2.75) is 26.2 Å². The Bertz CT molecular complexity index is 304. The Kier molecular flexibility index (Phi) is 3.53. The van der Waals surface area contributed by atoms with Crippen molar-refractivity contribution in [3.05, 3.63) is 32.8 Å². The molecule has 0 saturated heterocycles. The predicted octanol–water partition coefficient (Wildman–Crippen LogP) is 2.74. The fourth-order valence-electron chi connectivity index (χ4n) is 0.970. The zero-order valence-electron chi connectivity index (χ0n) is 6.97. The summed E-state index contributed by atoms with van der Waals surface area (Å²) in [7, 11) is 0. The average molecular weight is 231 g/mol. The Morgan fingerprint density at radius 2 is 2.25 bits per heavy atom. The van der Waals surface area contributed by atoms with Gasteiger partial charge in [-0.1, -0.05) is 29.3 Å². The third kappa shape index (κ3) is 2.81. The first-order chi connectivity index (χ1) is 5.72. The quantitative estimate of drug-likeness (QED) is 0.800. The highest BCUT2D eigenvalue weighted by Gasteiger charge is 1.98. The molecule has 0 spiro atoms. The Morgan fingerprint density at radius 3 is 2.83 bits per heavy atom. The fraction of sp³-hybridized carbons (Fsp3) is 0.444. The molecule has 3 heteroatoms. The molecule has 0 unspecified atom stereocenters. The van der Waals surface area contributed by atoms with E-state index in [-0.39, 0.29) is 5.63 Å². The van der Waals surface area contributed by atoms with Gasteiger partial charge in [0.1, 0.15) is 5.76 Å². The lowest BCUT2D eigenvalue weighted by Gasteiger charge is -1.97. The second kappa shape index (κ2) is 4.45. The lowest BCUT2D eigenvalue weighted by atomic mass is 10.2. The highest BCUT2D eigenvalue weighted by atomic mass is 79.9. The van der Waals surface area contributed by atoms with Gasteiger partial charge in [-0.3, -0.25) is 0 Å². The van der Waals surface area contributed by atoms with Gasteiger partial charge in [0.25, 0.3) is 0 Å². The fourth-order valence-corrected chi connectivity index (χ4v) is 1.41. The molecular formula is C9H11BrO2.